The molecule has 0 N–H and O–H groups in total. The maximum Gasteiger partial charge on any atom is 3.00 e. The summed E-state index contributed by atoms with van der Waals surface area (Å²) in [6.07, 6.45) is 0. The minimum Gasteiger partial charge on any atom is -0.741 e. The monoisotopic (exact) mass is 359 g/mol. The van der Waals surface area contributed by atoms with Crippen LogP contribution in [0.1, 0.15) is 0 Å². The van der Waals surface area contributed by atoms with Gasteiger partial charge in [-0.15, -0.1) is 0 Å². The van der Waals surface area contributed by atoms with Crippen LogP contribution < -0.4 is 0 Å². The largest absolute Gasteiger partial charge is 3.00 e. The van der Waals surface area contributed by atoms with Crippen LogP contribution in [-0.2, 0) is 27.2 Å². The van der Waals surface area contributed by atoms with E-state index < -0.39 is 15.6 Å². The van der Waals surface area contributed by atoms with E-state index in [-0.39, 0.29) is 17.1 Å². The van der Waals surface area contributed by atoms with Gasteiger partial charge in [-0.05, 0) is 0 Å². The second-order valence-electron chi connectivity index (χ2n) is 3.05. The summed E-state index contributed by atoms with van der Waals surface area (Å²) in [6, 6.07) is 25.0. The first kappa shape index (κ1) is 21.9. The van der Waals surface area contributed by atoms with Crippen molar-refractivity contribution < 1.29 is 43.2 Å². The second kappa shape index (κ2) is 11.3. The Bertz CT molecular complexity index is 461. The van der Waals surface area contributed by atoms with E-state index in [0.717, 1.165) is 0 Å². The first-order chi connectivity index (χ1) is 9.25. The number of hydrogen-bond acceptors (Lipinski definition) is 3. The summed E-state index contributed by atoms with van der Waals surface area (Å²) >= 11 is 0. The molecule has 0 atom stereocenters. The summed E-state index contributed by atoms with van der Waals surface area (Å²) in [6.45, 7) is 0. The summed E-state index contributed by atoms with van der Waals surface area (Å²) in [7, 11) is -6.09. The zero-order valence-electron chi connectivity index (χ0n) is 10.4. The smallest absolute Gasteiger partial charge is 0.741 e. The molecule has 2 aromatic rings. The topological polar surface area (TPSA) is 57.2 Å². The second-order valence-corrected chi connectivity index (χ2v) is 4.43. The van der Waals surface area contributed by atoms with Crippen LogP contribution in [0.5, 0.6) is 0 Å². The van der Waals surface area contributed by atoms with Crippen molar-refractivity contribution in [3.8, 4) is 0 Å². The zero-order chi connectivity index (χ0) is 15.5. The fourth-order valence-electron chi connectivity index (χ4n) is 0.684. The number of halogens is 3. The summed E-state index contributed by atoms with van der Waals surface area (Å²) < 4.78 is 58.9. The standard InChI is InChI=1S/2C6H5.CHF3O3S.Fe/c2*1-2-4-6-5-3-1;2-1(3,4)8(5,6)7;/h2*1-5H;(H,5,6,7);/q2*-1;;+3/p-1. The first-order valence-corrected chi connectivity index (χ1v) is 6.50. The average Bonchev–Trinajstić information content (AvgIpc) is 2.42. The van der Waals surface area contributed by atoms with E-state index in [4.69, 9.17) is 13.0 Å². The van der Waals surface area contributed by atoms with Crippen molar-refractivity contribution in [2.75, 3.05) is 0 Å². The fraction of sp³-hybridized carbons (Fsp3) is 0.0769. The third-order valence-corrected chi connectivity index (χ3v) is 2.06. The molecule has 0 aromatic heterocycles. The van der Waals surface area contributed by atoms with Crippen LogP contribution >= 0.6 is 0 Å². The predicted octanol–water partition coefficient (Wildman–Crippen LogP) is 3.02. The van der Waals surface area contributed by atoms with Crippen molar-refractivity contribution in [3.63, 3.8) is 0 Å². The van der Waals surface area contributed by atoms with Gasteiger partial charge in [-0.1, -0.05) is 0 Å². The summed E-state index contributed by atoms with van der Waals surface area (Å²) in [4.78, 5) is 0. The first-order valence-electron chi connectivity index (χ1n) is 5.09. The molecule has 0 aliphatic rings. The van der Waals surface area contributed by atoms with Gasteiger partial charge in [0.05, 0.1) is 0 Å². The molecule has 0 aliphatic heterocycles. The van der Waals surface area contributed by atoms with Crippen molar-refractivity contribution in [3.05, 3.63) is 72.8 Å². The minimum atomic E-state index is -6.09. The van der Waals surface area contributed by atoms with Gasteiger partial charge in [0.1, 0.15) is 0 Å². The third kappa shape index (κ3) is 13.4. The molecule has 8 heteroatoms. The Kier molecular flexibility index (Phi) is 11.8. The molecule has 0 fully saturated rings. The van der Waals surface area contributed by atoms with Gasteiger partial charge >= 0.3 is 22.6 Å². The van der Waals surface area contributed by atoms with Crippen LogP contribution in [0.4, 0.5) is 13.2 Å². The molecular formula is C13H10F3FeO3S. The maximum atomic E-state index is 10.7. The molecule has 0 aliphatic carbocycles. The number of benzene rings is 2. The number of alkyl halides is 3. The summed E-state index contributed by atoms with van der Waals surface area (Å²) in [5.41, 5.74) is -5.65. The summed E-state index contributed by atoms with van der Waals surface area (Å²) in [5, 5.41) is 0. The molecule has 21 heavy (non-hydrogen) atoms. The van der Waals surface area contributed by atoms with Gasteiger partial charge in [-0.2, -0.15) is 86.0 Å². The van der Waals surface area contributed by atoms with Gasteiger partial charge in [-0.3, -0.25) is 0 Å². The number of hydrogen-bond donors (Lipinski definition) is 0. The molecule has 0 amide bonds. The van der Waals surface area contributed by atoms with Crippen molar-refractivity contribution >= 4 is 10.1 Å². The van der Waals surface area contributed by atoms with Crippen molar-refractivity contribution in [2.24, 2.45) is 0 Å². The fourth-order valence-corrected chi connectivity index (χ4v) is 0.684. The Morgan fingerprint density at radius 3 is 1.05 bits per heavy atom. The van der Waals surface area contributed by atoms with Gasteiger partial charge in [-0.25, -0.2) is 8.42 Å². The maximum absolute atomic E-state index is 10.7. The van der Waals surface area contributed by atoms with Gasteiger partial charge in [0.2, 0.25) is 0 Å². The van der Waals surface area contributed by atoms with Gasteiger partial charge in [0.15, 0.2) is 10.1 Å². The Labute approximate surface area is 132 Å². The molecule has 0 bridgehead atoms. The predicted molar refractivity (Wildman–Crippen MR) is 66.3 cm³/mol. The third-order valence-electron chi connectivity index (χ3n) is 1.50. The van der Waals surface area contributed by atoms with Gasteiger partial charge in [0, 0.05) is 0 Å². The van der Waals surface area contributed by atoms with Crippen molar-refractivity contribution in [2.45, 2.75) is 5.51 Å². The van der Waals surface area contributed by atoms with E-state index in [0.29, 0.717) is 0 Å². The molecule has 0 heterocycles. The molecule has 1 radical (unpaired) electrons. The van der Waals surface area contributed by atoms with Crippen LogP contribution in [0.25, 0.3) is 0 Å². The van der Waals surface area contributed by atoms with Gasteiger partial charge in [0.25, 0.3) is 0 Å². The normalized spacial score (nSPS) is 9.90. The molecule has 0 spiro atoms. The van der Waals surface area contributed by atoms with E-state index in [1.165, 1.54) is 0 Å². The van der Waals surface area contributed by atoms with E-state index in [9.17, 15) is 13.2 Å². The molecule has 3 nitrogen and oxygen atoms in total. The van der Waals surface area contributed by atoms with Crippen LogP contribution in [0.3, 0.4) is 0 Å². The molecule has 2 rings (SSSR count). The van der Waals surface area contributed by atoms with Crippen LogP contribution in [-0.4, -0.2) is 18.5 Å². The van der Waals surface area contributed by atoms with Crippen molar-refractivity contribution in [1.82, 2.24) is 0 Å². The van der Waals surface area contributed by atoms with Crippen LogP contribution in [0.2, 0.25) is 0 Å². The quantitative estimate of drug-likeness (QED) is 0.315. The van der Waals surface area contributed by atoms with Crippen molar-refractivity contribution in [1.29, 1.82) is 0 Å². The molecule has 2 aromatic carbocycles. The molecular weight excluding hydrogens is 349 g/mol. The average molecular weight is 359 g/mol. The van der Waals surface area contributed by atoms with Gasteiger partial charge < -0.3 is 4.55 Å². The minimum absolute atomic E-state index is 0. The SMILES string of the molecule is O=S(=O)([O-])C(F)(F)F.[Fe+3].[c-]1ccccc1.[c-]1ccccc1. The van der Waals surface area contributed by atoms with E-state index in [1.807, 2.05) is 60.7 Å². The molecule has 0 unspecified atom stereocenters. The Morgan fingerprint density at radius 2 is 1.00 bits per heavy atom. The summed E-state index contributed by atoms with van der Waals surface area (Å²) in [5.74, 6) is 0. The Hall–Kier alpha value is -1.34. The molecule has 115 valence electrons. The molecule has 0 saturated heterocycles. The van der Waals surface area contributed by atoms with Crippen LogP contribution in [0, 0.1) is 12.1 Å². The van der Waals surface area contributed by atoms with E-state index >= 15 is 0 Å². The number of rotatable bonds is 0. The van der Waals surface area contributed by atoms with E-state index in [1.54, 1.807) is 0 Å². The van der Waals surface area contributed by atoms with E-state index in [2.05, 4.69) is 12.1 Å². The van der Waals surface area contributed by atoms with Crippen LogP contribution in [0.15, 0.2) is 60.7 Å². The zero-order valence-corrected chi connectivity index (χ0v) is 12.3. The Balaban J connectivity index is 0. The molecule has 0 saturated carbocycles. The Morgan fingerprint density at radius 1 is 0.762 bits per heavy atom.